The molecule has 1 saturated heterocycles. The lowest BCUT2D eigenvalue weighted by Gasteiger charge is -2.31. The van der Waals surface area contributed by atoms with E-state index in [2.05, 4.69) is 14.9 Å². The van der Waals surface area contributed by atoms with Crippen molar-refractivity contribution in [2.24, 2.45) is 0 Å². The normalized spacial score (nSPS) is 13.8. The summed E-state index contributed by atoms with van der Waals surface area (Å²) in [5.41, 5.74) is 8.05. The van der Waals surface area contributed by atoms with Crippen LogP contribution in [0.3, 0.4) is 0 Å². The number of hydrogen-bond donors (Lipinski definition) is 2. The summed E-state index contributed by atoms with van der Waals surface area (Å²) in [4.78, 5) is 10.7. The second-order valence-electron chi connectivity index (χ2n) is 5.89. The van der Waals surface area contributed by atoms with E-state index in [0.717, 1.165) is 18.9 Å². The van der Waals surface area contributed by atoms with E-state index in [9.17, 15) is 0 Å². The number of nitrogens with one attached hydrogen (secondary N) is 1. The lowest BCUT2D eigenvalue weighted by molar-refractivity contribution is 0.242. The molecule has 0 spiro atoms. The highest BCUT2D eigenvalue weighted by molar-refractivity contribution is 6.13. The van der Waals surface area contributed by atoms with Crippen LogP contribution >= 0.6 is 0 Å². The zero-order valence-corrected chi connectivity index (χ0v) is 13.4. The number of aromatic nitrogens is 2. The van der Waals surface area contributed by atoms with E-state index in [1.807, 2.05) is 26.0 Å². The average Bonchev–Trinajstić information content (AvgIpc) is 2.46. The molecule has 2 aromatic rings. The van der Waals surface area contributed by atoms with Gasteiger partial charge in [-0.1, -0.05) is 0 Å². The van der Waals surface area contributed by atoms with Gasteiger partial charge in [-0.15, -0.1) is 0 Å². The first-order valence-electron chi connectivity index (χ1n) is 7.77. The monoisotopic (exact) mass is 311 g/mol. The fourth-order valence-corrected chi connectivity index (χ4v) is 2.44. The lowest BCUT2D eigenvalue weighted by atomic mass is 10.0. The zero-order valence-electron chi connectivity index (χ0n) is 13.4. The third kappa shape index (κ3) is 3.26. The quantitative estimate of drug-likeness (QED) is 0.654. The molecule has 0 radical (unpaired) electrons. The molecule has 1 aliphatic heterocycles. The van der Waals surface area contributed by atoms with Gasteiger partial charge in [-0.3, -0.25) is 5.41 Å². The van der Waals surface area contributed by atoms with E-state index in [1.54, 1.807) is 12.1 Å². The highest BCUT2D eigenvalue weighted by Crippen LogP contribution is 2.24. The van der Waals surface area contributed by atoms with Gasteiger partial charge >= 0.3 is 0 Å². The van der Waals surface area contributed by atoms with Crippen LogP contribution in [0.1, 0.15) is 31.5 Å². The molecule has 0 unspecified atom stereocenters. The van der Waals surface area contributed by atoms with Gasteiger partial charge in [0.05, 0.1) is 17.5 Å². The largest absolute Gasteiger partial charge is 0.491 e. The van der Waals surface area contributed by atoms with Crippen LogP contribution in [-0.4, -0.2) is 34.9 Å². The molecule has 0 atom stereocenters. The molecule has 1 aromatic heterocycles. The third-order valence-electron chi connectivity index (χ3n) is 3.75. The molecule has 120 valence electrons. The average molecular weight is 311 g/mol. The van der Waals surface area contributed by atoms with Crippen molar-refractivity contribution in [2.75, 3.05) is 23.7 Å². The van der Waals surface area contributed by atoms with Crippen LogP contribution in [0, 0.1) is 5.41 Å². The molecule has 1 fully saturated rings. The number of ether oxygens (including phenoxy) is 1. The first-order valence-corrected chi connectivity index (χ1v) is 7.77. The molecule has 0 amide bonds. The SMILES string of the molecule is CC(C)Oc1ccc(N)c(C(=N)c2cc(N3CCC3)ncn2)c1. The van der Waals surface area contributed by atoms with Crippen LogP contribution in [0.4, 0.5) is 11.5 Å². The Morgan fingerprint density at radius 2 is 2.04 bits per heavy atom. The first-order chi connectivity index (χ1) is 11.0. The lowest BCUT2D eigenvalue weighted by Crippen LogP contribution is -2.37. The second-order valence-corrected chi connectivity index (χ2v) is 5.89. The van der Waals surface area contributed by atoms with Crippen molar-refractivity contribution in [3.05, 3.63) is 41.9 Å². The maximum Gasteiger partial charge on any atom is 0.132 e. The smallest absolute Gasteiger partial charge is 0.132 e. The number of rotatable bonds is 5. The summed E-state index contributed by atoms with van der Waals surface area (Å²) in [5.74, 6) is 1.56. The Balaban J connectivity index is 1.90. The molecular formula is C17H21N5O. The highest BCUT2D eigenvalue weighted by atomic mass is 16.5. The highest BCUT2D eigenvalue weighted by Gasteiger charge is 2.18. The Labute approximate surface area is 135 Å². The van der Waals surface area contributed by atoms with Crippen LogP contribution in [0.25, 0.3) is 0 Å². The molecule has 23 heavy (non-hydrogen) atoms. The molecule has 1 aromatic carbocycles. The summed E-state index contributed by atoms with van der Waals surface area (Å²) in [5, 5.41) is 8.46. The Bertz CT molecular complexity index is 725. The topological polar surface area (TPSA) is 88.1 Å². The van der Waals surface area contributed by atoms with Crippen LogP contribution < -0.4 is 15.4 Å². The van der Waals surface area contributed by atoms with E-state index >= 15 is 0 Å². The molecule has 2 heterocycles. The predicted octanol–water partition coefficient (Wildman–Crippen LogP) is 2.47. The van der Waals surface area contributed by atoms with Crippen LogP contribution in [0.2, 0.25) is 0 Å². The van der Waals surface area contributed by atoms with Crippen LogP contribution in [0.15, 0.2) is 30.6 Å². The van der Waals surface area contributed by atoms with Crippen molar-refractivity contribution in [3.63, 3.8) is 0 Å². The Morgan fingerprint density at radius 3 is 2.70 bits per heavy atom. The van der Waals surface area contributed by atoms with Gasteiger partial charge in [0.2, 0.25) is 0 Å². The first kappa shape index (κ1) is 15.3. The standard InChI is InChI=1S/C17H21N5O/c1-11(2)23-12-4-5-14(18)13(8-12)17(19)15-9-16(21-10-20-15)22-6-3-7-22/h4-5,8-11,19H,3,6-7,18H2,1-2H3. The molecular weight excluding hydrogens is 290 g/mol. The van der Waals surface area contributed by atoms with E-state index in [4.69, 9.17) is 15.9 Å². The molecule has 6 nitrogen and oxygen atoms in total. The molecule has 1 aliphatic rings. The van der Waals surface area contributed by atoms with Gasteiger partial charge in [0.25, 0.3) is 0 Å². The van der Waals surface area contributed by atoms with Crippen molar-refractivity contribution in [2.45, 2.75) is 26.4 Å². The number of nitrogens with two attached hydrogens (primary N) is 1. The van der Waals surface area contributed by atoms with Crippen molar-refractivity contribution >= 4 is 17.2 Å². The van der Waals surface area contributed by atoms with E-state index < -0.39 is 0 Å². The van der Waals surface area contributed by atoms with E-state index in [1.165, 1.54) is 12.7 Å². The zero-order chi connectivity index (χ0) is 16.4. The van der Waals surface area contributed by atoms with Crippen LogP contribution in [-0.2, 0) is 0 Å². The Morgan fingerprint density at radius 1 is 1.26 bits per heavy atom. The number of nitrogens with zero attached hydrogens (tertiary/aromatic N) is 3. The maximum absolute atomic E-state index is 8.46. The van der Waals surface area contributed by atoms with Crippen LogP contribution in [0.5, 0.6) is 5.75 Å². The maximum atomic E-state index is 8.46. The number of nitrogen functional groups attached to an aromatic ring is 1. The molecule has 3 rings (SSSR count). The van der Waals surface area contributed by atoms with Crippen molar-refractivity contribution < 1.29 is 4.74 Å². The summed E-state index contributed by atoms with van der Waals surface area (Å²) >= 11 is 0. The minimum Gasteiger partial charge on any atom is -0.491 e. The summed E-state index contributed by atoms with van der Waals surface area (Å²) in [6.45, 7) is 5.93. The van der Waals surface area contributed by atoms with Gasteiger partial charge in [0.1, 0.15) is 17.9 Å². The minimum atomic E-state index is 0.0673. The van der Waals surface area contributed by atoms with Gasteiger partial charge in [0, 0.05) is 30.4 Å². The molecule has 3 N–H and O–H groups in total. The van der Waals surface area contributed by atoms with Gasteiger partial charge < -0.3 is 15.4 Å². The molecule has 0 saturated carbocycles. The van der Waals surface area contributed by atoms with E-state index in [-0.39, 0.29) is 11.8 Å². The van der Waals surface area contributed by atoms with Gasteiger partial charge in [-0.05, 0) is 38.5 Å². The van der Waals surface area contributed by atoms with Crippen molar-refractivity contribution in [1.82, 2.24) is 9.97 Å². The molecule has 6 heteroatoms. The summed E-state index contributed by atoms with van der Waals surface area (Å²) in [7, 11) is 0. The molecule has 0 aliphatic carbocycles. The number of anilines is 2. The Hall–Kier alpha value is -2.63. The third-order valence-corrected chi connectivity index (χ3v) is 3.75. The fourth-order valence-electron chi connectivity index (χ4n) is 2.44. The second kappa shape index (κ2) is 6.24. The molecule has 0 bridgehead atoms. The van der Waals surface area contributed by atoms with Gasteiger partial charge in [-0.25, -0.2) is 9.97 Å². The number of hydrogen-bond acceptors (Lipinski definition) is 6. The Kier molecular flexibility index (Phi) is 4.14. The van der Waals surface area contributed by atoms with Gasteiger partial charge in [-0.2, -0.15) is 0 Å². The number of benzene rings is 1. The van der Waals surface area contributed by atoms with E-state index in [0.29, 0.717) is 22.7 Å². The van der Waals surface area contributed by atoms with Gasteiger partial charge in [0.15, 0.2) is 0 Å². The van der Waals surface area contributed by atoms with Crippen molar-refractivity contribution in [1.29, 1.82) is 5.41 Å². The summed E-state index contributed by atoms with van der Waals surface area (Å²) < 4.78 is 5.69. The summed E-state index contributed by atoms with van der Waals surface area (Å²) in [6.07, 6.45) is 2.75. The predicted molar refractivity (Wildman–Crippen MR) is 91.4 cm³/mol. The summed E-state index contributed by atoms with van der Waals surface area (Å²) in [6, 6.07) is 7.22. The fraction of sp³-hybridized carbons (Fsp3) is 0.353. The van der Waals surface area contributed by atoms with Crippen molar-refractivity contribution in [3.8, 4) is 5.75 Å². The minimum absolute atomic E-state index is 0.0673.